The van der Waals surface area contributed by atoms with Crippen molar-refractivity contribution >= 4 is 27.6 Å². The summed E-state index contributed by atoms with van der Waals surface area (Å²) < 4.78 is 7.45. The quantitative estimate of drug-likeness (QED) is 0.629. The Morgan fingerprint density at radius 2 is 2.20 bits per heavy atom. The van der Waals surface area contributed by atoms with Crippen molar-refractivity contribution in [2.24, 2.45) is 5.41 Å². The lowest BCUT2D eigenvalue weighted by Gasteiger charge is -2.46. The van der Waals surface area contributed by atoms with Gasteiger partial charge in [0, 0.05) is 42.3 Å². The zero-order valence-electron chi connectivity index (χ0n) is 11.7. The normalized spacial score (nSPS) is 21.2. The van der Waals surface area contributed by atoms with Gasteiger partial charge in [0.15, 0.2) is 0 Å². The molecule has 0 radical (unpaired) electrons. The van der Waals surface area contributed by atoms with Gasteiger partial charge in [-0.25, -0.2) is 9.29 Å². The van der Waals surface area contributed by atoms with Crippen LogP contribution in [0.1, 0.15) is 25.0 Å². The fraction of sp³-hybridized carbons (Fsp3) is 0.571. The van der Waals surface area contributed by atoms with Gasteiger partial charge in [0.2, 0.25) is 5.88 Å². The fourth-order valence-corrected chi connectivity index (χ4v) is 5.37. The van der Waals surface area contributed by atoms with E-state index in [1.165, 1.54) is 4.90 Å². The number of aromatic nitrogens is 1. The smallest absolute Gasteiger partial charge is 0.213 e. The summed E-state index contributed by atoms with van der Waals surface area (Å²) in [6, 6.07) is 3.94. The van der Waals surface area contributed by atoms with E-state index in [1.807, 2.05) is 19.1 Å². The van der Waals surface area contributed by atoms with Crippen LogP contribution in [-0.4, -0.2) is 35.3 Å². The third-order valence-electron chi connectivity index (χ3n) is 3.98. The van der Waals surface area contributed by atoms with Gasteiger partial charge in [0.05, 0.1) is 12.8 Å². The number of ketones is 1. The van der Waals surface area contributed by atoms with Crippen LogP contribution in [0.5, 0.6) is 5.88 Å². The molecule has 0 atom stereocenters. The second kappa shape index (κ2) is 5.58. The lowest BCUT2D eigenvalue weighted by atomic mass is 9.80. The topological polar surface area (TPSA) is 42.4 Å². The molecule has 1 aliphatic heterocycles. The number of carbonyl (C=O) groups excluding carboxylic acids is 1. The van der Waals surface area contributed by atoms with Gasteiger partial charge in [-0.1, -0.05) is 0 Å². The molecule has 2 heterocycles. The molecule has 0 unspecified atom stereocenters. The Hall–Kier alpha value is -0.720. The highest BCUT2D eigenvalue weighted by Gasteiger charge is 2.48. The number of nitrogens with zero attached hydrogens (tertiary/aromatic N) is 2. The number of methoxy groups -OCH3 is 1. The summed E-state index contributed by atoms with van der Waals surface area (Å²) in [6.07, 6.45) is 2.65. The number of carbonyl (C=O) groups is 1. The van der Waals surface area contributed by atoms with Crippen LogP contribution in [0.4, 0.5) is 0 Å². The molecular formula is C14H18N2O2S2. The predicted octanol–water partition coefficient (Wildman–Crippen LogP) is 3.11. The number of rotatable bonds is 4. The van der Waals surface area contributed by atoms with Crippen molar-refractivity contribution in [2.45, 2.75) is 31.1 Å². The molecule has 3 rings (SSSR count). The third kappa shape index (κ3) is 2.82. The second-order valence-electron chi connectivity index (χ2n) is 5.61. The summed E-state index contributed by atoms with van der Waals surface area (Å²) in [6.45, 7) is 4.08. The highest BCUT2D eigenvalue weighted by Crippen LogP contribution is 2.49. The molecule has 108 valence electrons. The van der Waals surface area contributed by atoms with E-state index in [2.05, 4.69) is 9.29 Å². The van der Waals surface area contributed by atoms with E-state index in [0.717, 1.165) is 38.0 Å². The van der Waals surface area contributed by atoms with E-state index in [9.17, 15) is 4.79 Å². The molecule has 2 fully saturated rings. The standard InChI is InChI=1S/C14H18N2O2S2/c1-10-12(3-4-13(15-10)18-2)19-20-16-8-14(9-16)6-5-11(17)7-14/h3-4H,5-9H2,1-2H3. The van der Waals surface area contributed by atoms with Crippen molar-refractivity contribution in [3.8, 4) is 5.88 Å². The van der Waals surface area contributed by atoms with Crippen molar-refractivity contribution < 1.29 is 9.53 Å². The summed E-state index contributed by atoms with van der Waals surface area (Å²) >= 11 is 0. The Kier molecular flexibility index (Phi) is 3.97. The molecule has 1 spiro atoms. The first kappa shape index (κ1) is 14.2. The monoisotopic (exact) mass is 310 g/mol. The number of Topliss-reactive ketones (excluding diaryl/α,β-unsaturated/α-hetero) is 1. The van der Waals surface area contributed by atoms with Gasteiger partial charge >= 0.3 is 0 Å². The van der Waals surface area contributed by atoms with E-state index >= 15 is 0 Å². The molecule has 0 bridgehead atoms. The Balaban J connectivity index is 1.50. The summed E-state index contributed by atoms with van der Waals surface area (Å²) in [5, 5.41) is 0. The maximum Gasteiger partial charge on any atom is 0.213 e. The number of hydrogen-bond acceptors (Lipinski definition) is 6. The summed E-state index contributed by atoms with van der Waals surface area (Å²) in [4.78, 5) is 16.9. The second-order valence-corrected chi connectivity index (χ2v) is 7.83. The van der Waals surface area contributed by atoms with Gasteiger partial charge in [-0.3, -0.25) is 4.79 Å². The number of pyridine rings is 1. The van der Waals surface area contributed by atoms with Crippen LogP contribution < -0.4 is 4.74 Å². The fourth-order valence-electron chi connectivity index (χ4n) is 2.84. The molecule has 20 heavy (non-hydrogen) atoms. The summed E-state index contributed by atoms with van der Waals surface area (Å²) in [7, 11) is 5.13. The van der Waals surface area contributed by atoms with Crippen LogP contribution >= 0.6 is 21.8 Å². The Morgan fingerprint density at radius 3 is 2.80 bits per heavy atom. The zero-order chi connectivity index (χ0) is 14.2. The highest BCUT2D eigenvalue weighted by atomic mass is 33.1. The maximum atomic E-state index is 11.4. The lowest BCUT2D eigenvalue weighted by Crippen LogP contribution is -2.51. The Morgan fingerprint density at radius 1 is 1.40 bits per heavy atom. The summed E-state index contributed by atoms with van der Waals surface area (Å²) in [5.74, 6) is 1.10. The van der Waals surface area contributed by atoms with E-state index in [0.29, 0.717) is 17.1 Å². The Labute approximate surface area is 127 Å². The van der Waals surface area contributed by atoms with Crippen molar-refractivity contribution in [1.29, 1.82) is 0 Å². The van der Waals surface area contributed by atoms with Crippen molar-refractivity contribution in [3.63, 3.8) is 0 Å². The molecule has 2 aliphatic rings. The summed E-state index contributed by atoms with van der Waals surface area (Å²) in [5.41, 5.74) is 1.30. The molecule has 1 aromatic heterocycles. The van der Waals surface area contributed by atoms with Gasteiger partial charge in [0.25, 0.3) is 0 Å². The van der Waals surface area contributed by atoms with E-state index < -0.39 is 0 Å². The van der Waals surface area contributed by atoms with Crippen molar-refractivity contribution in [3.05, 3.63) is 17.8 Å². The van der Waals surface area contributed by atoms with E-state index in [4.69, 9.17) is 4.74 Å². The van der Waals surface area contributed by atoms with Gasteiger partial charge in [0.1, 0.15) is 5.78 Å². The van der Waals surface area contributed by atoms with Crippen molar-refractivity contribution in [2.75, 3.05) is 20.2 Å². The molecule has 1 saturated carbocycles. The first-order valence-electron chi connectivity index (χ1n) is 6.73. The van der Waals surface area contributed by atoms with E-state index in [-0.39, 0.29) is 0 Å². The SMILES string of the molecule is COc1ccc(SSN2CC3(CCC(=O)C3)C2)c(C)n1. The van der Waals surface area contributed by atoms with Crippen LogP contribution in [-0.2, 0) is 4.79 Å². The minimum atomic E-state index is 0.303. The first-order valence-corrected chi connectivity index (χ1v) is 8.84. The Bertz CT molecular complexity index is 530. The van der Waals surface area contributed by atoms with Crippen LogP contribution in [0.15, 0.2) is 17.0 Å². The number of hydrogen-bond donors (Lipinski definition) is 0. The molecule has 0 N–H and O–H groups in total. The molecule has 1 saturated heterocycles. The first-order chi connectivity index (χ1) is 9.60. The average molecular weight is 310 g/mol. The molecule has 0 amide bonds. The predicted molar refractivity (Wildman–Crippen MR) is 81.8 cm³/mol. The largest absolute Gasteiger partial charge is 0.481 e. The van der Waals surface area contributed by atoms with Crippen molar-refractivity contribution in [1.82, 2.24) is 9.29 Å². The lowest BCUT2D eigenvalue weighted by molar-refractivity contribution is -0.118. The third-order valence-corrected chi connectivity index (χ3v) is 6.53. The van der Waals surface area contributed by atoms with Crippen LogP contribution in [0, 0.1) is 12.3 Å². The highest BCUT2D eigenvalue weighted by molar-refractivity contribution is 8.75. The van der Waals surface area contributed by atoms with Gasteiger partial charge in [-0.15, -0.1) is 0 Å². The number of aryl methyl sites for hydroxylation is 1. The minimum Gasteiger partial charge on any atom is -0.481 e. The zero-order valence-corrected chi connectivity index (χ0v) is 13.4. The van der Waals surface area contributed by atoms with E-state index in [1.54, 1.807) is 28.9 Å². The molecule has 1 aromatic rings. The average Bonchev–Trinajstić information content (AvgIpc) is 2.78. The van der Waals surface area contributed by atoms with Gasteiger partial charge in [-0.05, 0) is 41.2 Å². The number of ether oxygens (including phenoxy) is 1. The van der Waals surface area contributed by atoms with Gasteiger partial charge in [-0.2, -0.15) is 0 Å². The van der Waals surface area contributed by atoms with Gasteiger partial charge < -0.3 is 4.74 Å². The van der Waals surface area contributed by atoms with Crippen LogP contribution in [0.2, 0.25) is 0 Å². The molecular weight excluding hydrogens is 292 g/mol. The molecule has 1 aliphatic carbocycles. The minimum absolute atomic E-state index is 0.303. The molecule has 0 aromatic carbocycles. The van der Waals surface area contributed by atoms with Crippen LogP contribution in [0.3, 0.4) is 0 Å². The molecule has 4 nitrogen and oxygen atoms in total. The van der Waals surface area contributed by atoms with Crippen LogP contribution in [0.25, 0.3) is 0 Å². The maximum absolute atomic E-state index is 11.4. The molecule has 6 heteroatoms.